The fourth-order valence-electron chi connectivity index (χ4n) is 8.01. The highest BCUT2D eigenvalue weighted by Crippen LogP contribution is 2.49. The van der Waals surface area contributed by atoms with Crippen molar-refractivity contribution in [2.24, 2.45) is 0 Å². The number of nitrogens with zero attached hydrogens (tertiary/aromatic N) is 5. The number of hydrogen-bond acceptors (Lipinski definition) is 5. The van der Waals surface area contributed by atoms with E-state index in [0.717, 1.165) is 44.2 Å². The van der Waals surface area contributed by atoms with Crippen molar-refractivity contribution in [3.05, 3.63) is 206 Å². The van der Waals surface area contributed by atoms with Crippen molar-refractivity contribution in [2.75, 3.05) is 16.8 Å². The SMILES string of the molecule is CN1c2ccccc2N(c2ccccc2)C1c1ccc(-c2ccc(-c3nc(-c4ccccc4)nc(-c4ccc(-c5ccccc5)cc4)n3)c3ccccc23)cc1. The average molecular weight is 720 g/mol. The van der Waals surface area contributed by atoms with Crippen molar-refractivity contribution in [2.45, 2.75) is 6.17 Å². The maximum atomic E-state index is 5.13. The molecule has 1 unspecified atom stereocenters. The van der Waals surface area contributed by atoms with Gasteiger partial charge in [-0.15, -0.1) is 0 Å². The molecule has 0 fully saturated rings. The zero-order valence-electron chi connectivity index (χ0n) is 30.9. The van der Waals surface area contributed by atoms with Crippen LogP contribution in [0.2, 0.25) is 0 Å². The second-order valence-electron chi connectivity index (χ2n) is 14.1. The van der Waals surface area contributed by atoms with Crippen LogP contribution >= 0.6 is 0 Å². The van der Waals surface area contributed by atoms with Gasteiger partial charge in [0.05, 0.1) is 11.4 Å². The maximum Gasteiger partial charge on any atom is 0.164 e. The Morgan fingerprint density at radius 3 is 1.46 bits per heavy atom. The molecule has 0 aliphatic carbocycles. The Kier molecular flexibility index (Phi) is 8.38. The quantitative estimate of drug-likeness (QED) is 0.164. The van der Waals surface area contributed by atoms with E-state index in [1.165, 1.54) is 28.2 Å². The molecule has 9 aromatic rings. The van der Waals surface area contributed by atoms with Crippen LogP contribution in [0.5, 0.6) is 0 Å². The third-order valence-corrected chi connectivity index (χ3v) is 10.8. The monoisotopic (exact) mass is 719 g/mol. The first kappa shape index (κ1) is 33.2. The molecule has 1 aliphatic heterocycles. The molecule has 56 heavy (non-hydrogen) atoms. The number of fused-ring (bicyclic) bond motifs is 2. The molecule has 10 rings (SSSR count). The standard InChI is InChI=1S/C51H37N5/c1-55-46-23-13-14-24-47(46)56(41-19-9-4-10-20-41)51(55)40-31-27-37(28-32-40)42-33-34-45(44-22-12-11-21-43(42)44)50-53-48(38-17-7-3-8-18-38)52-49(54-50)39-29-25-36(26-30-39)35-15-5-2-6-16-35/h2-34,51H,1H3. The first-order valence-corrected chi connectivity index (χ1v) is 19.0. The summed E-state index contributed by atoms with van der Waals surface area (Å²) < 4.78 is 0. The third kappa shape index (κ3) is 5.96. The first-order chi connectivity index (χ1) is 27.7. The normalized spacial score (nSPS) is 13.6. The van der Waals surface area contributed by atoms with E-state index >= 15 is 0 Å². The minimum absolute atomic E-state index is 0.0226. The second kappa shape index (κ2) is 14.1. The fourth-order valence-corrected chi connectivity index (χ4v) is 8.01. The van der Waals surface area contributed by atoms with E-state index in [1.54, 1.807) is 0 Å². The predicted molar refractivity (Wildman–Crippen MR) is 231 cm³/mol. The van der Waals surface area contributed by atoms with Crippen molar-refractivity contribution < 1.29 is 0 Å². The van der Waals surface area contributed by atoms with Crippen LogP contribution in [0.1, 0.15) is 11.7 Å². The Balaban J connectivity index is 1.04. The predicted octanol–water partition coefficient (Wildman–Crippen LogP) is 12.6. The van der Waals surface area contributed by atoms with Gasteiger partial charge in [0.15, 0.2) is 17.5 Å². The van der Waals surface area contributed by atoms with Crippen molar-refractivity contribution in [3.63, 3.8) is 0 Å². The zero-order valence-corrected chi connectivity index (χ0v) is 30.9. The number of hydrogen-bond donors (Lipinski definition) is 0. The molecular weight excluding hydrogens is 683 g/mol. The lowest BCUT2D eigenvalue weighted by Crippen LogP contribution is -2.30. The summed E-state index contributed by atoms with van der Waals surface area (Å²) in [5, 5.41) is 2.23. The fraction of sp³-hybridized carbons (Fsp3) is 0.0392. The van der Waals surface area contributed by atoms with Crippen LogP contribution in [-0.2, 0) is 0 Å². The molecule has 1 aromatic heterocycles. The number of benzene rings is 8. The van der Waals surface area contributed by atoms with Gasteiger partial charge in [0, 0.05) is 29.4 Å². The summed E-state index contributed by atoms with van der Waals surface area (Å²) in [6.45, 7) is 0. The Morgan fingerprint density at radius 2 is 0.804 bits per heavy atom. The van der Waals surface area contributed by atoms with E-state index in [1.807, 2.05) is 36.4 Å². The van der Waals surface area contributed by atoms with Crippen LogP contribution in [0, 0.1) is 0 Å². The molecule has 0 spiro atoms. The van der Waals surface area contributed by atoms with Crippen LogP contribution in [0.15, 0.2) is 200 Å². The van der Waals surface area contributed by atoms with E-state index in [2.05, 4.69) is 181 Å². The van der Waals surface area contributed by atoms with Gasteiger partial charge in [-0.25, -0.2) is 15.0 Å². The number of para-hydroxylation sites is 3. The van der Waals surface area contributed by atoms with E-state index in [4.69, 9.17) is 15.0 Å². The van der Waals surface area contributed by atoms with Crippen LogP contribution in [0.25, 0.3) is 67.2 Å². The molecule has 0 amide bonds. The largest absolute Gasteiger partial charge is 0.349 e. The molecule has 0 N–H and O–H groups in total. The van der Waals surface area contributed by atoms with Gasteiger partial charge in [0.25, 0.3) is 0 Å². The highest BCUT2D eigenvalue weighted by atomic mass is 15.4. The molecule has 1 aliphatic rings. The van der Waals surface area contributed by atoms with Gasteiger partial charge in [-0.2, -0.15) is 0 Å². The topological polar surface area (TPSA) is 45.2 Å². The van der Waals surface area contributed by atoms with Gasteiger partial charge < -0.3 is 9.80 Å². The van der Waals surface area contributed by atoms with Gasteiger partial charge in [0.1, 0.15) is 6.17 Å². The Hall–Kier alpha value is -7.37. The zero-order chi connectivity index (χ0) is 37.4. The van der Waals surface area contributed by atoms with E-state index in [9.17, 15) is 0 Å². The van der Waals surface area contributed by atoms with Crippen LogP contribution < -0.4 is 9.80 Å². The van der Waals surface area contributed by atoms with Gasteiger partial charge >= 0.3 is 0 Å². The second-order valence-corrected chi connectivity index (χ2v) is 14.1. The molecule has 266 valence electrons. The molecule has 5 nitrogen and oxygen atoms in total. The molecule has 0 saturated heterocycles. The minimum Gasteiger partial charge on any atom is -0.349 e. The number of rotatable bonds is 7. The summed E-state index contributed by atoms with van der Waals surface area (Å²) in [5.74, 6) is 1.93. The number of aromatic nitrogens is 3. The molecule has 5 heteroatoms. The number of anilines is 3. The van der Waals surface area contributed by atoms with Gasteiger partial charge in [0.2, 0.25) is 0 Å². The summed E-state index contributed by atoms with van der Waals surface area (Å²) in [7, 11) is 2.18. The highest BCUT2D eigenvalue weighted by Gasteiger charge is 2.35. The molecule has 0 saturated carbocycles. The molecule has 0 bridgehead atoms. The minimum atomic E-state index is 0.0226. The van der Waals surface area contributed by atoms with Crippen molar-refractivity contribution in [3.8, 4) is 56.4 Å². The summed E-state index contributed by atoms with van der Waals surface area (Å²) >= 11 is 0. The summed E-state index contributed by atoms with van der Waals surface area (Å²) in [5.41, 5.74) is 12.3. The van der Waals surface area contributed by atoms with Gasteiger partial charge in [-0.05, 0) is 68.9 Å². The van der Waals surface area contributed by atoms with Gasteiger partial charge in [-0.1, -0.05) is 170 Å². The lowest BCUT2D eigenvalue weighted by atomic mass is 9.94. The highest BCUT2D eigenvalue weighted by molar-refractivity contribution is 6.04. The molecule has 2 heterocycles. The molecular formula is C51H37N5. The lowest BCUT2D eigenvalue weighted by Gasteiger charge is -2.31. The van der Waals surface area contributed by atoms with Crippen molar-refractivity contribution in [1.82, 2.24) is 15.0 Å². The summed E-state index contributed by atoms with van der Waals surface area (Å²) in [4.78, 5) is 20.0. The average Bonchev–Trinajstić information content (AvgIpc) is 3.58. The van der Waals surface area contributed by atoms with Crippen LogP contribution in [0.4, 0.5) is 17.1 Å². The summed E-state index contributed by atoms with van der Waals surface area (Å²) in [6.07, 6.45) is 0.0226. The lowest BCUT2D eigenvalue weighted by molar-refractivity contribution is 0.719. The van der Waals surface area contributed by atoms with Crippen LogP contribution in [-0.4, -0.2) is 22.0 Å². The van der Waals surface area contributed by atoms with E-state index in [-0.39, 0.29) is 6.17 Å². The Labute approximate surface area is 326 Å². The Bertz CT molecular complexity index is 2800. The van der Waals surface area contributed by atoms with Crippen LogP contribution in [0.3, 0.4) is 0 Å². The third-order valence-electron chi connectivity index (χ3n) is 10.8. The van der Waals surface area contributed by atoms with E-state index < -0.39 is 0 Å². The molecule has 8 aromatic carbocycles. The molecule has 0 radical (unpaired) electrons. The smallest absolute Gasteiger partial charge is 0.164 e. The summed E-state index contributed by atoms with van der Waals surface area (Å²) in [6, 6.07) is 70.3. The molecule has 1 atom stereocenters. The Morgan fingerprint density at radius 1 is 0.357 bits per heavy atom. The van der Waals surface area contributed by atoms with Crippen molar-refractivity contribution >= 4 is 27.8 Å². The van der Waals surface area contributed by atoms with E-state index in [0.29, 0.717) is 17.5 Å². The van der Waals surface area contributed by atoms with Crippen molar-refractivity contribution in [1.29, 1.82) is 0 Å². The van der Waals surface area contributed by atoms with Gasteiger partial charge in [-0.3, -0.25) is 0 Å². The maximum absolute atomic E-state index is 5.13. The first-order valence-electron chi connectivity index (χ1n) is 19.0.